The number of benzene rings is 1. The van der Waals surface area contributed by atoms with Crippen LogP contribution in [0.15, 0.2) is 16.6 Å². The van der Waals surface area contributed by atoms with Gasteiger partial charge in [-0.15, -0.1) is 0 Å². The van der Waals surface area contributed by atoms with E-state index in [2.05, 4.69) is 15.9 Å². The van der Waals surface area contributed by atoms with E-state index in [1.807, 2.05) is 6.92 Å². The Hall–Kier alpha value is -1.10. The summed E-state index contributed by atoms with van der Waals surface area (Å²) in [4.78, 5) is 10.9. The monoisotopic (exact) mass is 290 g/mol. The lowest BCUT2D eigenvalue weighted by molar-refractivity contribution is 0.0686. The summed E-state index contributed by atoms with van der Waals surface area (Å²) in [5.41, 5.74) is -0.417. The third kappa shape index (κ3) is 3.20. The molecule has 0 saturated carbocycles. The summed E-state index contributed by atoms with van der Waals surface area (Å²) in [6.07, 6.45) is 1.73. The van der Waals surface area contributed by atoms with Crippen LogP contribution < -0.4 is 4.74 Å². The Morgan fingerprint density at radius 1 is 1.56 bits per heavy atom. The van der Waals surface area contributed by atoms with Crippen LogP contribution in [0, 0.1) is 5.82 Å². The second kappa shape index (κ2) is 5.84. The third-order valence-electron chi connectivity index (χ3n) is 1.99. The molecule has 0 spiro atoms. The number of halogens is 2. The highest BCUT2D eigenvalue weighted by molar-refractivity contribution is 9.10. The molecular weight excluding hydrogens is 279 g/mol. The van der Waals surface area contributed by atoms with Crippen LogP contribution in [0.25, 0.3) is 0 Å². The second-order valence-corrected chi connectivity index (χ2v) is 4.18. The van der Waals surface area contributed by atoms with Gasteiger partial charge in [-0.05, 0) is 18.6 Å². The Kier molecular flexibility index (Phi) is 4.73. The van der Waals surface area contributed by atoms with Gasteiger partial charge in [0.05, 0.1) is 6.61 Å². The van der Waals surface area contributed by atoms with E-state index >= 15 is 0 Å². The van der Waals surface area contributed by atoms with Crippen molar-refractivity contribution in [3.63, 3.8) is 0 Å². The maximum atomic E-state index is 13.4. The fraction of sp³-hybridized carbons (Fsp3) is 0.364. The van der Waals surface area contributed by atoms with Gasteiger partial charge in [-0.2, -0.15) is 0 Å². The van der Waals surface area contributed by atoms with Gasteiger partial charge in [-0.25, -0.2) is 9.18 Å². The van der Waals surface area contributed by atoms with Crippen molar-refractivity contribution >= 4 is 21.9 Å². The smallest absolute Gasteiger partial charge is 0.342 e. The predicted octanol–water partition coefficient (Wildman–Crippen LogP) is 3.47. The van der Waals surface area contributed by atoms with Crippen molar-refractivity contribution < 1.29 is 19.0 Å². The van der Waals surface area contributed by atoms with E-state index in [9.17, 15) is 9.18 Å². The SMILES string of the molecule is CCCCOc1cc(Br)cc(F)c1C(=O)O. The zero-order valence-corrected chi connectivity index (χ0v) is 10.4. The molecule has 1 N–H and O–H groups in total. The summed E-state index contributed by atoms with van der Waals surface area (Å²) >= 11 is 3.09. The Balaban J connectivity index is 2.99. The van der Waals surface area contributed by atoms with Crippen molar-refractivity contribution in [2.45, 2.75) is 19.8 Å². The topological polar surface area (TPSA) is 46.5 Å². The minimum Gasteiger partial charge on any atom is -0.493 e. The molecule has 0 fully saturated rings. The highest BCUT2D eigenvalue weighted by Crippen LogP contribution is 2.27. The van der Waals surface area contributed by atoms with Gasteiger partial charge in [-0.1, -0.05) is 29.3 Å². The van der Waals surface area contributed by atoms with Crippen molar-refractivity contribution in [2.24, 2.45) is 0 Å². The molecule has 0 aliphatic carbocycles. The normalized spacial score (nSPS) is 10.2. The second-order valence-electron chi connectivity index (χ2n) is 3.27. The number of carboxylic acids is 1. The Bertz CT molecular complexity index is 393. The first-order valence-electron chi connectivity index (χ1n) is 4.91. The van der Waals surface area contributed by atoms with Crippen LogP contribution in [-0.2, 0) is 0 Å². The minimum atomic E-state index is -1.32. The molecule has 88 valence electrons. The lowest BCUT2D eigenvalue weighted by atomic mass is 10.2. The zero-order chi connectivity index (χ0) is 12.1. The molecule has 0 aromatic heterocycles. The number of rotatable bonds is 5. The molecule has 1 aromatic carbocycles. The number of carboxylic acid groups (broad SMARTS) is 1. The highest BCUT2D eigenvalue weighted by atomic mass is 79.9. The quantitative estimate of drug-likeness (QED) is 0.845. The molecule has 1 aromatic rings. The van der Waals surface area contributed by atoms with Crippen molar-refractivity contribution in [2.75, 3.05) is 6.61 Å². The van der Waals surface area contributed by atoms with Gasteiger partial charge < -0.3 is 9.84 Å². The van der Waals surface area contributed by atoms with Gasteiger partial charge in [0.1, 0.15) is 17.1 Å². The molecule has 0 radical (unpaired) electrons. The first-order valence-corrected chi connectivity index (χ1v) is 5.70. The van der Waals surface area contributed by atoms with E-state index in [-0.39, 0.29) is 5.75 Å². The fourth-order valence-electron chi connectivity index (χ4n) is 1.20. The molecule has 0 amide bonds. The first kappa shape index (κ1) is 13.0. The summed E-state index contributed by atoms with van der Waals surface area (Å²) in [6.45, 7) is 2.37. The fourth-order valence-corrected chi connectivity index (χ4v) is 1.61. The Morgan fingerprint density at radius 2 is 2.25 bits per heavy atom. The standard InChI is InChI=1S/C11H12BrFO3/c1-2-3-4-16-9-6-7(12)5-8(13)10(9)11(14)15/h5-6H,2-4H2,1H3,(H,14,15). The Labute approximate surface area is 101 Å². The number of hydrogen-bond donors (Lipinski definition) is 1. The van der Waals surface area contributed by atoms with Gasteiger partial charge in [0.25, 0.3) is 0 Å². The summed E-state index contributed by atoms with van der Waals surface area (Å²) in [5.74, 6) is -2.06. The first-order chi connectivity index (χ1) is 7.56. The Morgan fingerprint density at radius 3 is 2.81 bits per heavy atom. The number of ether oxygens (including phenoxy) is 1. The number of unbranched alkanes of at least 4 members (excludes halogenated alkanes) is 1. The molecule has 5 heteroatoms. The molecule has 0 unspecified atom stereocenters. The highest BCUT2D eigenvalue weighted by Gasteiger charge is 2.18. The van der Waals surface area contributed by atoms with Gasteiger partial charge in [-0.3, -0.25) is 0 Å². The van der Waals surface area contributed by atoms with Crippen molar-refractivity contribution in [1.29, 1.82) is 0 Å². The predicted molar refractivity (Wildman–Crippen MR) is 61.5 cm³/mol. The van der Waals surface area contributed by atoms with E-state index in [0.717, 1.165) is 18.9 Å². The van der Waals surface area contributed by atoms with Crippen LogP contribution in [0.4, 0.5) is 4.39 Å². The average Bonchev–Trinajstić information content (AvgIpc) is 2.16. The van der Waals surface area contributed by atoms with Crippen LogP contribution in [0.3, 0.4) is 0 Å². The molecule has 0 heterocycles. The lowest BCUT2D eigenvalue weighted by Gasteiger charge is -2.09. The third-order valence-corrected chi connectivity index (χ3v) is 2.45. The maximum absolute atomic E-state index is 13.4. The van der Waals surface area contributed by atoms with E-state index in [4.69, 9.17) is 9.84 Å². The number of carbonyl (C=O) groups is 1. The van der Waals surface area contributed by atoms with E-state index in [1.54, 1.807) is 0 Å². The lowest BCUT2D eigenvalue weighted by Crippen LogP contribution is -2.07. The van der Waals surface area contributed by atoms with Crippen LogP contribution in [0.1, 0.15) is 30.1 Å². The molecule has 0 aliphatic heterocycles. The zero-order valence-electron chi connectivity index (χ0n) is 8.80. The van der Waals surface area contributed by atoms with Crippen LogP contribution >= 0.6 is 15.9 Å². The van der Waals surface area contributed by atoms with Crippen LogP contribution in [0.2, 0.25) is 0 Å². The molecule has 3 nitrogen and oxygen atoms in total. The van der Waals surface area contributed by atoms with Crippen molar-refractivity contribution in [1.82, 2.24) is 0 Å². The molecule has 0 aliphatic rings. The van der Waals surface area contributed by atoms with Crippen LogP contribution in [-0.4, -0.2) is 17.7 Å². The van der Waals surface area contributed by atoms with Crippen molar-refractivity contribution in [3.8, 4) is 5.75 Å². The molecule has 0 bridgehead atoms. The van der Waals surface area contributed by atoms with Crippen LogP contribution in [0.5, 0.6) is 5.75 Å². The number of hydrogen-bond acceptors (Lipinski definition) is 2. The summed E-state index contributed by atoms with van der Waals surface area (Å²) in [7, 11) is 0. The maximum Gasteiger partial charge on any atom is 0.342 e. The van der Waals surface area contributed by atoms with E-state index in [0.29, 0.717) is 11.1 Å². The molecule has 0 saturated heterocycles. The van der Waals surface area contributed by atoms with E-state index in [1.165, 1.54) is 6.07 Å². The van der Waals surface area contributed by atoms with Gasteiger partial charge in [0, 0.05) is 4.47 Å². The largest absolute Gasteiger partial charge is 0.493 e. The molecular formula is C11H12BrFO3. The molecule has 0 atom stereocenters. The summed E-state index contributed by atoms with van der Waals surface area (Å²) < 4.78 is 19.1. The average molecular weight is 291 g/mol. The van der Waals surface area contributed by atoms with Gasteiger partial charge in [0.15, 0.2) is 0 Å². The minimum absolute atomic E-state index is 0.0628. The molecule has 1 rings (SSSR count). The number of aromatic carboxylic acids is 1. The van der Waals surface area contributed by atoms with E-state index < -0.39 is 17.3 Å². The summed E-state index contributed by atoms with van der Waals surface area (Å²) in [6, 6.07) is 2.57. The van der Waals surface area contributed by atoms with Gasteiger partial charge in [0.2, 0.25) is 0 Å². The van der Waals surface area contributed by atoms with Gasteiger partial charge >= 0.3 is 5.97 Å². The summed E-state index contributed by atoms with van der Waals surface area (Å²) in [5, 5.41) is 8.86. The van der Waals surface area contributed by atoms with Crippen molar-refractivity contribution in [3.05, 3.63) is 28.0 Å². The molecule has 16 heavy (non-hydrogen) atoms.